The highest BCUT2D eigenvalue weighted by molar-refractivity contribution is 5.24. The van der Waals surface area contributed by atoms with Gasteiger partial charge in [0.05, 0.1) is 5.60 Å². The number of aliphatic hydroxyl groups is 1. The third-order valence-corrected chi connectivity index (χ3v) is 4.12. The Labute approximate surface area is 125 Å². The summed E-state index contributed by atoms with van der Waals surface area (Å²) in [7, 11) is 0. The van der Waals surface area contributed by atoms with E-state index < -0.39 is 5.60 Å². The topological polar surface area (TPSA) is 20.2 Å². The van der Waals surface area contributed by atoms with Gasteiger partial charge in [0.2, 0.25) is 0 Å². The molecule has 1 N–H and O–H groups in total. The second kappa shape index (κ2) is 9.18. The summed E-state index contributed by atoms with van der Waals surface area (Å²) < 4.78 is 0. The average Bonchev–Trinajstić information content (AvgIpc) is 2.44. The standard InChI is InChI=1S/C19H32O/c1-4-7-9-17-10-8-11-18(16-17)12-15-19(20,13-5-2)14-6-3/h8,10-11,16,20H,4-7,9,12-15H2,1-3H3. The lowest BCUT2D eigenvalue weighted by Crippen LogP contribution is -2.28. The van der Waals surface area contributed by atoms with Crippen LogP contribution in [0.3, 0.4) is 0 Å². The van der Waals surface area contributed by atoms with Gasteiger partial charge in [-0.2, -0.15) is 0 Å². The van der Waals surface area contributed by atoms with Crippen LogP contribution >= 0.6 is 0 Å². The molecule has 0 radical (unpaired) electrons. The van der Waals surface area contributed by atoms with Crippen molar-refractivity contribution in [1.29, 1.82) is 0 Å². The molecule has 0 aliphatic heterocycles. The molecule has 0 spiro atoms. The SMILES string of the molecule is CCCCc1cccc(CCC(O)(CCC)CCC)c1. The van der Waals surface area contributed by atoms with Crippen LogP contribution in [-0.2, 0) is 12.8 Å². The van der Waals surface area contributed by atoms with Crippen LogP contribution in [-0.4, -0.2) is 10.7 Å². The molecule has 0 atom stereocenters. The molecule has 0 saturated heterocycles. The van der Waals surface area contributed by atoms with Gasteiger partial charge in [-0.25, -0.2) is 0 Å². The van der Waals surface area contributed by atoms with Crippen LogP contribution in [0.25, 0.3) is 0 Å². The number of hydrogen-bond acceptors (Lipinski definition) is 1. The predicted molar refractivity (Wildman–Crippen MR) is 88.1 cm³/mol. The normalized spacial score (nSPS) is 11.8. The van der Waals surface area contributed by atoms with Crippen LogP contribution in [0.1, 0.15) is 76.8 Å². The average molecular weight is 276 g/mol. The van der Waals surface area contributed by atoms with Crippen LogP contribution in [0.2, 0.25) is 0 Å². The molecule has 0 amide bonds. The molecule has 1 aromatic rings. The molecule has 0 bridgehead atoms. The number of aryl methyl sites for hydroxylation is 2. The second-order valence-corrected chi connectivity index (χ2v) is 6.15. The van der Waals surface area contributed by atoms with Gasteiger partial charge in [0, 0.05) is 0 Å². The Hall–Kier alpha value is -0.820. The van der Waals surface area contributed by atoms with Gasteiger partial charge in [-0.15, -0.1) is 0 Å². The van der Waals surface area contributed by atoms with Crippen LogP contribution in [0, 0.1) is 0 Å². The summed E-state index contributed by atoms with van der Waals surface area (Å²) in [6.45, 7) is 6.55. The zero-order valence-corrected chi connectivity index (χ0v) is 13.6. The maximum atomic E-state index is 10.7. The Morgan fingerprint density at radius 1 is 0.850 bits per heavy atom. The molecule has 0 aliphatic carbocycles. The van der Waals surface area contributed by atoms with Crippen molar-refractivity contribution >= 4 is 0 Å². The summed E-state index contributed by atoms with van der Waals surface area (Å²) in [6, 6.07) is 8.92. The Balaban J connectivity index is 2.58. The van der Waals surface area contributed by atoms with E-state index in [0.717, 1.165) is 38.5 Å². The molecule has 20 heavy (non-hydrogen) atoms. The first-order valence-electron chi connectivity index (χ1n) is 8.43. The van der Waals surface area contributed by atoms with E-state index in [4.69, 9.17) is 0 Å². The third-order valence-electron chi connectivity index (χ3n) is 4.12. The molecular weight excluding hydrogens is 244 g/mol. The summed E-state index contributed by atoms with van der Waals surface area (Å²) in [4.78, 5) is 0. The van der Waals surface area contributed by atoms with Gasteiger partial charge < -0.3 is 5.11 Å². The van der Waals surface area contributed by atoms with Crippen LogP contribution in [0.4, 0.5) is 0 Å². The lowest BCUT2D eigenvalue weighted by atomic mass is 9.86. The van der Waals surface area contributed by atoms with E-state index in [1.807, 2.05) is 0 Å². The molecular formula is C19H32O. The van der Waals surface area contributed by atoms with E-state index in [-0.39, 0.29) is 0 Å². The van der Waals surface area contributed by atoms with Crippen molar-refractivity contribution in [2.24, 2.45) is 0 Å². The fraction of sp³-hybridized carbons (Fsp3) is 0.684. The van der Waals surface area contributed by atoms with E-state index >= 15 is 0 Å². The lowest BCUT2D eigenvalue weighted by Gasteiger charge is -2.27. The van der Waals surface area contributed by atoms with Crippen LogP contribution < -0.4 is 0 Å². The molecule has 1 aromatic carbocycles. The van der Waals surface area contributed by atoms with Gasteiger partial charge in [-0.05, 0) is 49.7 Å². The summed E-state index contributed by atoms with van der Waals surface area (Å²) in [5, 5.41) is 10.7. The quantitative estimate of drug-likeness (QED) is 0.615. The minimum absolute atomic E-state index is 0.455. The maximum absolute atomic E-state index is 10.7. The summed E-state index contributed by atoms with van der Waals surface area (Å²) >= 11 is 0. The highest BCUT2D eigenvalue weighted by Crippen LogP contribution is 2.25. The van der Waals surface area contributed by atoms with Gasteiger partial charge >= 0.3 is 0 Å². The van der Waals surface area contributed by atoms with Gasteiger partial charge in [0.1, 0.15) is 0 Å². The van der Waals surface area contributed by atoms with Gasteiger partial charge in [0.25, 0.3) is 0 Å². The Morgan fingerprint density at radius 2 is 1.45 bits per heavy atom. The van der Waals surface area contributed by atoms with E-state index in [1.54, 1.807) is 0 Å². The molecule has 0 saturated carbocycles. The Morgan fingerprint density at radius 3 is 2.00 bits per heavy atom. The first-order chi connectivity index (χ1) is 9.63. The molecule has 0 fully saturated rings. The Bertz CT molecular complexity index is 364. The highest BCUT2D eigenvalue weighted by Gasteiger charge is 2.24. The van der Waals surface area contributed by atoms with Gasteiger partial charge in [-0.1, -0.05) is 64.3 Å². The van der Waals surface area contributed by atoms with Crippen molar-refractivity contribution < 1.29 is 5.11 Å². The van der Waals surface area contributed by atoms with Crippen molar-refractivity contribution in [2.45, 2.75) is 84.2 Å². The van der Waals surface area contributed by atoms with Gasteiger partial charge in [0.15, 0.2) is 0 Å². The maximum Gasteiger partial charge on any atom is 0.0650 e. The van der Waals surface area contributed by atoms with Crippen molar-refractivity contribution in [3.63, 3.8) is 0 Å². The zero-order chi connectivity index (χ0) is 14.8. The molecule has 0 aliphatic rings. The Kier molecular flexibility index (Phi) is 7.91. The van der Waals surface area contributed by atoms with Crippen molar-refractivity contribution in [2.75, 3.05) is 0 Å². The summed E-state index contributed by atoms with van der Waals surface area (Å²) in [5.41, 5.74) is 2.37. The minimum atomic E-state index is -0.455. The van der Waals surface area contributed by atoms with Crippen molar-refractivity contribution in [3.05, 3.63) is 35.4 Å². The predicted octanol–water partition coefficient (Wildman–Crippen LogP) is 5.29. The zero-order valence-electron chi connectivity index (χ0n) is 13.6. The largest absolute Gasteiger partial charge is 0.390 e. The van der Waals surface area contributed by atoms with Crippen molar-refractivity contribution in [3.8, 4) is 0 Å². The molecule has 1 heteroatoms. The van der Waals surface area contributed by atoms with Gasteiger partial charge in [-0.3, -0.25) is 0 Å². The first kappa shape index (κ1) is 17.2. The van der Waals surface area contributed by atoms with E-state index in [1.165, 1.54) is 30.4 Å². The third kappa shape index (κ3) is 6.09. The number of rotatable bonds is 10. The molecule has 1 nitrogen and oxygen atoms in total. The molecule has 114 valence electrons. The number of unbranched alkanes of at least 4 members (excludes halogenated alkanes) is 1. The molecule has 1 rings (SSSR count). The lowest BCUT2D eigenvalue weighted by molar-refractivity contribution is 0.0132. The highest BCUT2D eigenvalue weighted by atomic mass is 16.3. The second-order valence-electron chi connectivity index (χ2n) is 6.15. The smallest absolute Gasteiger partial charge is 0.0650 e. The fourth-order valence-corrected chi connectivity index (χ4v) is 3.00. The summed E-state index contributed by atoms with van der Waals surface area (Å²) in [6.07, 6.45) is 9.56. The molecule has 0 unspecified atom stereocenters. The van der Waals surface area contributed by atoms with E-state index in [2.05, 4.69) is 45.0 Å². The molecule has 0 heterocycles. The number of hydrogen-bond donors (Lipinski definition) is 1. The van der Waals surface area contributed by atoms with E-state index in [9.17, 15) is 5.11 Å². The first-order valence-corrected chi connectivity index (χ1v) is 8.43. The summed E-state index contributed by atoms with van der Waals surface area (Å²) in [5.74, 6) is 0. The van der Waals surface area contributed by atoms with Crippen LogP contribution in [0.5, 0.6) is 0 Å². The monoisotopic (exact) mass is 276 g/mol. The number of benzene rings is 1. The molecule has 0 aromatic heterocycles. The van der Waals surface area contributed by atoms with Crippen molar-refractivity contribution in [1.82, 2.24) is 0 Å². The van der Waals surface area contributed by atoms with Crippen LogP contribution in [0.15, 0.2) is 24.3 Å². The minimum Gasteiger partial charge on any atom is -0.390 e. The van der Waals surface area contributed by atoms with E-state index in [0.29, 0.717) is 0 Å². The fourth-order valence-electron chi connectivity index (χ4n) is 3.00.